The molecule has 3 aromatic rings. The minimum absolute atomic E-state index is 0.192. The van der Waals surface area contributed by atoms with Crippen molar-refractivity contribution in [3.05, 3.63) is 66.4 Å². The monoisotopic (exact) mass is 292 g/mol. The first-order chi connectivity index (χ1) is 10.8. The zero-order chi connectivity index (χ0) is 15.4. The Labute approximate surface area is 130 Å². The summed E-state index contributed by atoms with van der Waals surface area (Å²) in [4.78, 5) is 0. The Bertz CT molecular complexity index is 761. The van der Waals surface area contributed by atoms with Gasteiger partial charge in [0.2, 0.25) is 0 Å². The number of hydrogen-bond acceptors (Lipinski definition) is 2. The van der Waals surface area contributed by atoms with E-state index in [-0.39, 0.29) is 6.61 Å². The van der Waals surface area contributed by atoms with Gasteiger partial charge in [0.05, 0.1) is 5.69 Å². The zero-order valence-corrected chi connectivity index (χ0v) is 12.7. The van der Waals surface area contributed by atoms with Gasteiger partial charge in [0.25, 0.3) is 0 Å². The van der Waals surface area contributed by atoms with E-state index in [4.69, 9.17) is 5.11 Å². The van der Waals surface area contributed by atoms with Crippen LogP contribution in [-0.2, 0) is 6.54 Å². The SMILES string of the molecule is Cc1ccccc1-c1cccc(-c2ccn(CCCO)n2)c1. The summed E-state index contributed by atoms with van der Waals surface area (Å²) in [7, 11) is 0. The van der Waals surface area contributed by atoms with Crippen molar-refractivity contribution < 1.29 is 5.11 Å². The fourth-order valence-corrected chi connectivity index (χ4v) is 2.62. The molecule has 0 atom stereocenters. The van der Waals surface area contributed by atoms with E-state index < -0.39 is 0 Å². The zero-order valence-electron chi connectivity index (χ0n) is 12.7. The van der Waals surface area contributed by atoms with Crippen LogP contribution in [0.3, 0.4) is 0 Å². The molecule has 0 aliphatic heterocycles. The summed E-state index contributed by atoms with van der Waals surface area (Å²) < 4.78 is 1.88. The van der Waals surface area contributed by atoms with E-state index in [1.54, 1.807) is 0 Å². The third-order valence-electron chi connectivity index (χ3n) is 3.80. The second-order valence-electron chi connectivity index (χ2n) is 5.44. The average Bonchev–Trinajstić information content (AvgIpc) is 3.02. The Kier molecular flexibility index (Phi) is 4.35. The van der Waals surface area contributed by atoms with Gasteiger partial charge in [0.1, 0.15) is 0 Å². The molecule has 0 unspecified atom stereocenters. The molecule has 1 N–H and O–H groups in total. The summed E-state index contributed by atoms with van der Waals surface area (Å²) in [5.74, 6) is 0. The van der Waals surface area contributed by atoms with Gasteiger partial charge in [0.15, 0.2) is 0 Å². The van der Waals surface area contributed by atoms with Crippen LogP contribution >= 0.6 is 0 Å². The van der Waals surface area contributed by atoms with Gasteiger partial charge in [0, 0.05) is 24.9 Å². The highest BCUT2D eigenvalue weighted by Crippen LogP contribution is 2.27. The Morgan fingerprint density at radius 1 is 1.00 bits per heavy atom. The summed E-state index contributed by atoms with van der Waals surface area (Å²) in [6.07, 6.45) is 2.69. The van der Waals surface area contributed by atoms with E-state index in [0.29, 0.717) is 0 Å². The van der Waals surface area contributed by atoms with Gasteiger partial charge in [-0.3, -0.25) is 4.68 Å². The van der Waals surface area contributed by atoms with Crippen LogP contribution < -0.4 is 0 Å². The van der Waals surface area contributed by atoms with E-state index in [1.807, 2.05) is 16.9 Å². The van der Waals surface area contributed by atoms with Crippen molar-refractivity contribution in [2.75, 3.05) is 6.61 Å². The maximum atomic E-state index is 8.90. The first kappa shape index (κ1) is 14.5. The highest BCUT2D eigenvalue weighted by Gasteiger charge is 2.06. The van der Waals surface area contributed by atoms with Crippen LogP contribution in [0, 0.1) is 6.92 Å². The lowest BCUT2D eigenvalue weighted by Gasteiger charge is -2.07. The summed E-state index contributed by atoms with van der Waals surface area (Å²) >= 11 is 0. The average molecular weight is 292 g/mol. The largest absolute Gasteiger partial charge is 0.396 e. The normalized spacial score (nSPS) is 10.8. The third-order valence-corrected chi connectivity index (χ3v) is 3.80. The summed E-state index contributed by atoms with van der Waals surface area (Å²) in [5.41, 5.74) is 5.81. The Morgan fingerprint density at radius 3 is 2.64 bits per heavy atom. The van der Waals surface area contributed by atoms with Crippen molar-refractivity contribution >= 4 is 0 Å². The minimum atomic E-state index is 0.192. The first-order valence-corrected chi connectivity index (χ1v) is 7.58. The summed E-state index contributed by atoms with van der Waals surface area (Å²) in [6, 6.07) is 18.9. The van der Waals surface area contributed by atoms with Gasteiger partial charge in [-0.1, -0.05) is 42.5 Å². The van der Waals surface area contributed by atoms with Crippen molar-refractivity contribution in [3.63, 3.8) is 0 Å². The Hall–Kier alpha value is -2.39. The van der Waals surface area contributed by atoms with Crippen LogP contribution in [0.5, 0.6) is 0 Å². The molecule has 3 rings (SSSR count). The smallest absolute Gasteiger partial charge is 0.0923 e. The highest BCUT2D eigenvalue weighted by molar-refractivity contribution is 5.73. The Balaban J connectivity index is 1.91. The second-order valence-corrected chi connectivity index (χ2v) is 5.44. The lowest BCUT2D eigenvalue weighted by atomic mass is 9.98. The molecule has 0 saturated carbocycles. The number of nitrogens with zero attached hydrogens (tertiary/aromatic N) is 2. The molecule has 1 aromatic heterocycles. The highest BCUT2D eigenvalue weighted by atomic mass is 16.3. The van der Waals surface area contributed by atoms with Gasteiger partial charge in [-0.15, -0.1) is 0 Å². The number of aryl methyl sites for hydroxylation is 2. The van der Waals surface area contributed by atoms with Crippen molar-refractivity contribution in [3.8, 4) is 22.4 Å². The quantitative estimate of drug-likeness (QED) is 0.774. The lowest BCUT2D eigenvalue weighted by Crippen LogP contribution is -2.00. The molecule has 0 bridgehead atoms. The van der Waals surface area contributed by atoms with Gasteiger partial charge in [-0.2, -0.15) is 5.10 Å². The van der Waals surface area contributed by atoms with E-state index in [0.717, 1.165) is 24.2 Å². The maximum absolute atomic E-state index is 8.90. The lowest BCUT2D eigenvalue weighted by molar-refractivity contribution is 0.277. The number of hydrogen-bond donors (Lipinski definition) is 1. The molecule has 3 nitrogen and oxygen atoms in total. The fourth-order valence-electron chi connectivity index (χ4n) is 2.62. The second kappa shape index (κ2) is 6.58. The number of aromatic nitrogens is 2. The first-order valence-electron chi connectivity index (χ1n) is 7.58. The standard InChI is InChI=1S/C19H20N2O/c1-15-6-2-3-9-18(15)16-7-4-8-17(14-16)19-10-12-21(20-19)11-5-13-22/h2-4,6-10,12,14,22H,5,11,13H2,1H3. The van der Waals surface area contributed by atoms with Crippen molar-refractivity contribution in [2.24, 2.45) is 0 Å². The molecule has 0 saturated heterocycles. The maximum Gasteiger partial charge on any atom is 0.0923 e. The molecule has 0 fully saturated rings. The predicted molar refractivity (Wildman–Crippen MR) is 89.5 cm³/mol. The molecule has 112 valence electrons. The van der Waals surface area contributed by atoms with Gasteiger partial charge in [-0.05, 0) is 42.2 Å². The molecule has 1 heterocycles. The van der Waals surface area contributed by atoms with E-state index >= 15 is 0 Å². The number of benzene rings is 2. The predicted octanol–water partition coefficient (Wildman–Crippen LogP) is 3.91. The molecular formula is C19H20N2O. The third kappa shape index (κ3) is 3.10. The molecule has 0 aliphatic carbocycles. The molecular weight excluding hydrogens is 272 g/mol. The number of aliphatic hydroxyl groups excluding tert-OH is 1. The van der Waals surface area contributed by atoms with E-state index in [1.165, 1.54) is 16.7 Å². The molecule has 0 amide bonds. The van der Waals surface area contributed by atoms with Crippen LogP contribution in [0.1, 0.15) is 12.0 Å². The number of rotatable bonds is 5. The van der Waals surface area contributed by atoms with E-state index in [9.17, 15) is 0 Å². The van der Waals surface area contributed by atoms with Crippen molar-refractivity contribution in [1.29, 1.82) is 0 Å². The van der Waals surface area contributed by atoms with Crippen LogP contribution in [0.4, 0.5) is 0 Å². The molecule has 0 aliphatic rings. The summed E-state index contributed by atoms with van der Waals surface area (Å²) in [5, 5.41) is 13.5. The molecule has 2 aromatic carbocycles. The van der Waals surface area contributed by atoms with Crippen molar-refractivity contribution in [2.45, 2.75) is 19.9 Å². The molecule has 0 spiro atoms. The van der Waals surface area contributed by atoms with Crippen LogP contribution in [0.15, 0.2) is 60.8 Å². The van der Waals surface area contributed by atoms with Gasteiger partial charge >= 0.3 is 0 Å². The topological polar surface area (TPSA) is 38.0 Å². The molecule has 3 heteroatoms. The van der Waals surface area contributed by atoms with Crippen LogP contribution in [0.25, 0.3) is 22.4 Å². The van der Waals surface area contributed by atoms with E-state index in [2.05, 4.69) is 60.6 Å². The van der Waals surface area contributed by atoms with Crippen LogP contribution in [0.2, 0.25) is 0 Å². The minimum Gasteiger partial charge on any atom is -0.396 e. The Morgan fingerprint density at radius 2 is 1.82 bits per heavy atom. The summed E-state index contributed by atoms with van der Waals surface area (Å²) in [6.45, 7) is 3.07. The van der Waals surface area contributed by atoms with Crippen LogP contribution in [-0.4, -0.2) is 21.5 Å². The fraction of sp³-hybridized carbons (Fsp3) is 0.211. The van der Waals surface area contributed by atoms with Gasteiger partial charge in [-0.25, -0.2) is 0 Å². The van der Waals surface area contributed by atoms with Crippen molar-refractivity contribution in [1.82, 2.24) is 9.78 Å². The van der Waals surface area contributed by atoms with Gasteiger partial charge < -0.3 is 5.11 Å². The molecule has 0 radical (unpaired) electrons. The number of aliphatic hydroxyl groups is 1. The molecule has 22 heavy (non-hydrogen) atoms.